The number of hydrogen-bond donors (Lipinski definition) is 3. The molecule has 6 nitrogen and oxygen atoms in total. The smallest absolute Gasteiger partial charge is 0.243 e. The van der Waals surface area contributed by atoms with Gasteiger partial charge in [0.1, 0.15) is 4.90 Å². The topological polar surface area (TPSA) is 101 Å². The van der Waals surface area contributed by atoms with Crippen LogP contribution in [0.15, 0.2) is 23.1 Å². The summed E-state index contributed by atoms with van der Waals surface area (Å²) in [6, 6.07) is 4.41. The third kappa shape index (κ3) is 5.80. The van der Waals surface area contributed by atoms with Crippen LogP contribution in [0.5, 0.6) is 0 Å². The molecular formula is C12H17Cl2N3O3S. The number of nitrogens with one attached hydrogen (secondary N) is 2. The van der Waals surface area contributed by atoms with E-state index in [1.165, 1.54) is 12.1 Å². The van der Waals surface area contributed by atoms with Crippen molar-refractivity contribution in [1.29, 1.82) is 0 Å². The Morgan fingerprint density at radius 2 is 1.81 bits per heavy atom. The van der Waals surface area contributed by atoms with Gasteiger partial charge in [-0.1, -0.05) is 29.3 Å². The first-order chi connectivity index (χ1) is 9.88. The molecule has 9 heteroatoms. The van der Waals surface area contributed by atoms with Gasteiger partial charge in [0.15, 0.2) is 0 Å². The zero-order valence-corrected chi connectivity index (χ0v) is 13.6. The first-order valence-corrected chi connectivity index (χ1v) is 8.53. The van der Waals surface area contributed by atoms with Crippen LogP contribution in [0, 0.1) is 0 Å². The maximum absolute atomic E-state index is 12.1. The number of benzene rings is 1. The van der Waals surface area contributed by atoms with Crippen LogP contribution in [0.1, 0.15) is 12.8 Å². The summed E-state index contributed by atoms with van der Waals surface area (Å²) in [6.45, 7) is 0.911. The lowest BCUT2D eigenvalue weighted by Gasteiger charge is -2.10. The fourth-order valence-corrected chi connectivity index (χ4v) is 3.70. The van der Waals surface area contributed by atoms with Crippen molar-refractivity contribution in [3.63, 3.8) is 0 Å². The van der Waals surface area contributed by atoms with Crippen LogP contribution in [0.4, 0.5) is 0 Å². The predicted octanol–water partition coefficient (Wildman–Crippen LogP) is 1.13. The monoisotopic (exact) mass is 353 g/mol. The van der Waals surface area contributed by atoms with Crippen molar-refractivity contribution in [3.05, 3.63) is 28.2 Å². The molecule has 0 unspecified atom stereocenters. The molecule has 118 valence electrons. The zero-order valence-electron chi connectivity index (χ0n) is 11.2. The molecule has 1 aromatic carbocycles. The van der Waals surface area contributed by atoms with E-state index < -0.39 is 10.0 Å². The van der Waals surface area contributed by atoms with Gasteiger partial charge < -0.3 is 11.1 Å². The Labute approximate surface area is 134 Å². The average Bonchev–Trinajstić information content (AvgIpc) is 2.38. The zero-order chi connectivity index (χ0) is 15.9. The molecular weight excluding hydrogens is 337 g/mol. The van der Waals surface area contributed by atoms with Crippen molar-refractivity contribution in [1.82, 2.24) is 10.0 Å². The number of sulfonamides is 1. The van der Waals surface area contributed by atoms with E-state index >= 15 is 0 Å². The molecule has 1 rings (SSSR count). The molecule has 0 aromatic heterocycles. The van der Waals surface area contributed by atoms with Gasteiger partial charge in [0.05, 0.1) is 10.0 Å². The molecule has 0 aliphatic carbocycles. The van der Waals surface area contributed by atoms with Gasteiger partial charge in [-0.15, -0.1) is 0 Å². The summed E-state index contributed by atoms with van der Waals surface area (Å²) in [6.07, 6.45) is 0.693. The van der Waals surface area contributed by atoms with Crippen molar-refractivity contribution >= 4 is 39.1 Å². The molecule has 0 fully saturated rings. The summed E-state index contributed by atoms with van der Waals surface area (Å²) in [4.78, 5) is 11.3. The number of carbonyl (C=O) groups excluding carboxylic acids is 1. The fraction of sp³-hybridized carbons (Fsp3) is 0.417. The minimum atomic E-state index is -3.86. The Kier molecular flexibility index (Phi) is 7.41. The van der Waals surface area contributed by atoms with E-state index in [1.807, 2.05) is 0 Å². The molecule has 21 heavy (non-hydrogen) atoms. The van der Waals surface area contributed by atoms with Crippen LogP contribution < -0.4 is 15.8 Å². The normalized spacial score (nSPS) is 11.4. The molecule has 0 atom stereocenters. The van der Waals surface area contributed by atoms with Crippen molar-refractivity contribution in [2.45, 2.75) is 17.7 Å². The first kappa shape index (κ1) is 18.2. The molecule has 0 saturated carbocycles. The highest BCUT2D eigenvalue weighted by Gasteiger charge is 2.21. The Bertz CT molecular complexity index is 573. The highest BCUT2D eigenvalue weighted by molar-refractivity contribution is 7.89. The molecule has 1 aromatic rings. The van der Waals surface area contributed by atoms with Crippen molar-refractivity contribution in [3.8, 4) is 0 Å². The average molecular weight is 354 g/mol. The molecule has 0 aliphatic rings. The van der Waals surface area contributed by atoms with Crippen LogP contribution in [0.25, 0.3) is 0 Å². The van der Waals surface area contributed by atoms with E-state index in [9.17, 15) is 13.2 Å². The van der Waals surface area contributed by atoms with Crippen molar-refractivity contribution in [2.24, 2.45) is 5.73 Å². The summed E-state index contributed by atoms with van der Waals surface area (Å²) in [5.41, 5.74) is 5.30. The van der Waals surface area contributed by atoms with E-state index in [-0.39, 0.29) is 33.8 Å². The van der Waals surface area contributed by atoms with Gasteiger partial charge in [-0.3, -0.25) is 4.79 Å². The Balaban J connectivity index is 2.56. The maximum atomic E-state index is 12.1. The van der Waals surface area contributed by atoms with Gasteiger partial charge in [-0.05, 0) is 25.1 Å². The van der Waals surface area contributed by atoms with Gasteiger partial charge in [0.2, 0.25) is 15.9 Å². The third-order valence-corrected chi connectivity index (χ3v) is 4.95. The lowest BCUT2D eigenvalue weighted by molar-refractivity contribution is -0.120. The summed E-state index contributed by atoms with van der Waals surface area (Å²) >= 11 is 11.7. The van der Waals surface area contributed by atoms with E-state index in [1.54, 1.807) is 6.07 Å². The molecule has 4 N–H and O–H groups in total. The van der Waals surface area contributed by atoms with E-state index in [4.69, 9.17) is 28.9 Å². The predicted molar refractivity (Wildman–Crippen MR) is 82.9 cm³/mol. The largest absolute Gasteiger partial charge is 0.356 e. The SMILES string of the molecule is NCCCNC(=O)CCNS(=O)(=O)c1c(Cl)cccc1Cl. The maximum Gasteiger partial charge on any atom is 0.243 e. The van der Waals surface area contributed by atoms with Crippen LogP contribution in [0.3, 0.4) is 0 Å². The number of carbonyl (C=O) groups is 1. The Hall–Kier alpha value is -0.860. The van der Waals surface area contributed by atoms with Gasteiger partial charge in [0, 0.05) is 19.5 Å². The third-order valence-electron chi connectivity index (χ3n) is 2.53. The van der Waals surface area contributed by atoms with Crippen LogP contribution in [-0.2, 0) is 14.8 Å². The molecule has 0 saturated heterocycles. The summed E-state index contributed by atoms with van der Waals surface area (Å²) in [5, 5.41) is 2.69. The summed E-state index contributed by atoms with van der Waals surface area (Å²) in [7, 11) is -3.86. The van der Waals surface area contributed by atoms with Crippen LogP contribution in [0.2, 0.25) is 10.0 Å². The lowest BCUT2D eigenvalue weighted by Crippen LogP contribution is -2.32. The first-order valence-electron chi connectivity index (χ1n) is 6.29. The summed E-state index contributed by atoms with van der Waals surface area (Å²) in [5.74, 6) is -0.253. The second-order valence-electron chi connectivity index (χ2n) is 4.19. The molecule has 0 bridgehead atoms. The van der Waals surface area contributed by atoms with E-state index in [0.29, 0.717) is 19.5 Å². The molecule has 1 amide bonds. The Morgan fingerprint density at radius 3 is 2.38 bits per heavy atom. The number of nitrogens with two attached hydrogens (primary N) is 1. The highest BCUT2D eigenvalue weighted by Crippen LogP contribution is 2.28. The van der Waals surface area contributed by atoms with Gasteiger partial charge in [-0.2, -0.15) is 0 Å². The number of halogens is 2. The fourth-order valence-electron chi connectivity index (χ4n) is 1.53. The van der Waals surface area contributed by atoms with Gasteiger partial charge in [-0.25, -0.2) is 13.1 Å². The van der Waals surface area contributed by atoms with E-state index in [2.05, 4.69) is 10.0 Å². The standard InChI is InChI=1S/C12H17Cl2N3O3S/c13-9-3-1-4-10(14)12(9)21(19,20)17-8-5-11(18)16-7-2-6-15/h1,3-4,17H,2,5-8,15H2,(H,16,18). The molecule has 0 heterocycles. The second kappa shape index (κ2) is 8.55. The minimum Gasteiger partial charge on any atom is -0.356 e. The number of rotatable bonds is 8. The van der Waals surface area contributed by atoms with Crippen molar-refractivity contribution in [2.75, 3.05) is 19.6 Å². The Morgan fingerprint density at radius 1 is 1.19 bits per heavy atom. The van der Waals surface area contributed by atoms with Gasteiger partial charge in [0.25, 0.3) is 0 Å². The lowest BCUT2D eigenvalue weighted by atomic mass is 10.4. The van der Waals surface area contributed by atoms with Crippen molar-refractivity contribution < 1.29 is 13.2 Å². The number of amides is 1. The van der Waals surface area contributed by atoms with Crippen LogP contribution in [-0.4, -0.2) is 34.0 Å². The molecule has 0 spiro atoms. The minimum absolute atomic E-state index is 0.0197. The molecule has 0 radical (unpaired) electrons. The second-order valence-corrected chi connectivity index (χ2v) is 6.71. The number of hydrogen-bond acceptors (Lipinski definition) is 4. The van der Waals surface area contributed by atoms with E-state index in [0.717, 1.165) is 0 Å². The highest BCUT2D eigenvalue weighted by atomic mass is 35.5. The van der Waals surface area contributed by atoms with Crippen LogP contribution >= 0.6 is 23.2 Å². The van der Waals surface area contributed by atoms with Gasteiger partial charge >= 0.3 is 0 Å². The quantitative estimate of drug-likeness (QED) is 0.609. The molecule has 0 aliphatic heterocycles. The summed E-state index contributed by atoms with van der Waals surface area (Å²) < 4.78 is 26.5.